The standard InChI is InChI=1S/C10H13NO6S/c1-16-5-4-6(18(3,14)15)9(17-2)7(8(5)11)10(12)13/h4H,11H2,1-3H3,(H,12,13). The summed E-state index contributed by atoms with van der Waals surface area (Å²) in [4.78, 5) is 10.9. The highest BCUT2D eigenvalue weighted by Gasteiger charge is 2.27. The zero-order valence-corrected chi connectivity index (χ0v) is 10.9. The van der Waals surface area contributed by atoms with E-state index in [-0.39, 0.29) is 22.1 Å². The number of carboxylic acid groups (broad SMARTS) is 1. The molecule has 18 heavy (non-hydrogen) atoms. The van der Waals surface area contributed by atoms with Crippen LogP contribution < -0.4 is 15.2 Å². The number of nitrogens with two attached hydrogens (primary N) is 1. The molecule has 1 rings (SSSR count). The maximum atomic E-state index is 11.6. The minimum Gasteiger partial charge on any atom is -0.495 e. The summed E-state index contributed by atoms with van der Waals surface area (Å²) >= 11 is 0. The van der Waals surface area contributed by atoms with Crippen molar-refractivity contribution in [2.75, 3.05) is 26.2 Å². The molecule has 1 aromatic rings. The second-order valence-electron chi connectivity index (χ2n) is 3.48. The molecule has 0 aliphatic heterocycles. The van der Waals surface area contributed by atoms with Gasteiger partial charge < -0.3 is 20.3 Å². The van der Waals surface area contributed by atoms with E-state index >= 15 is 0 Å². The summed E-state index contributed by atoms with van der Waals surface area (Å²) in [5.74, 6) is -1.73. The molecule has 0 aliphatic rings. The van der Waals surface area contributed by atoms with Crippen LogP contribution in [0.25, 0.3) is 0 Å². The summed E-state index contributed by atoms with van der Waals surface area (Å²) in [5, 5.41) is 9.08. The van der Waals surface area contributed by atoms with Gasteiger partial charge in [0.25, 0.3) is 0 Å². The van der Waals surface area contributed by atoms with Gasteiger partial charge in [-0.2, -0.15) is 0 Å². The molecule has 0 saturated carbocycles. The maximum Gasteiger partial charge on any atom is 0.341 e. The van der Waals surface area contributed by atoms with Crippen LogP contribution in [0.5, 0.6) is 11.5 Å². The molecule has 1 aromatic carbocycles. The number of aromatic carboxylic acids is 1. The van der Waals surface area contributed by atoms with Crippen LogP contribution >= 0.6 is 0 Å². The number of sulfone groups is 1. The monoisotopic (exact) mass is 275 g/mol. The van der Waals surface area contributed by atoms with E-state index in [0.717, 1.165) is 12.3 Å². The number of carboxylic acids is 1. The zero-order valence-electron chi connectivity index (χ0n) is 10.1. The van der Waals surface area contributed by atoms with Crippen molar-refractivity contribution in [2.24, 2.45) is 0 Å². The van der Waals surface area contributed by atoms with Gasteiger partial charge in [-0.3, -0.25) is 0 Å². The SMILES string of the molecule is COc1cc(S(C)(=O)=O)c(OC)c(C(=O)O)c1N. The fourth-order valence-electron chi connectivity index (χ4n) is 1.49. The van der Waals surface area contributed by atoms with E-state index < -0.39 is 21.4 Å². The lowest BCUT2D eigenvalue weighted by Gasteiger charge is -2.15. The van der Waals surface area contributed by atoms with E-state index in [4.69, 9.17) is 20.3 Å². The van der Waals surface area contributed by atoms with Gasteiger partial charge in [-0.1, -0.05) is 0 Å². The number of benzene rings is 1. The minimum absolute atomic E-state index is 0.0337. The molecule has 0 unspecified atom stereocenters. The third-order valence-corrected chi connectivity index (χ3v) is 3.39. The van der Waals surface area contributed by atoms with Gasteiger partial charge in [-0.15, -0.1) is 0 Å². The Morgan fingerprint density at radius 2 is 1.89 bits per heavy atom. The van der Waals surface area contributed by atoms with Crippen LogP contribution in [0.4, 0.5) is 5.69 Å². The number of carbonyl (C=O) groups is 1. The molecule has 0 radical (unpaired) electrons. The van der Waals surface area contributed by atoms with Gasteiger partial charge in [0.05, 0.1) is 19.9 Å². The Bertz CT molecular complexity index is 593. The fourth-order valence-corrected chi connectivity index (χ4v) is 2.33. The molecule has 0 aromatic heterocycles. The van der Waals surface area contributed by atoms with E-state index in [1.165, 1.54) is 14.2 Å². The summed E-state index contributed by atoms with van der Waals surface area (Å²) in [7, 11) is -1.25. The molecule has 0 fully saturated rings. The summed E-state index contributed by atoms with van der Waals surface area (Å²) < 4.78 is 32.9. The van der Waals surface area contributed by atoms with Gasteiger partial charge in [-0.05, 0) is 0 Å². The fraction of sp³-hybridized carbons (Fsp3) is 0.300. The molecule has 0 aliphatic carbocycles. The predicted octanol–water partition coefficient (Wildman–Crippen LogP) is 0.388. The third-order valence-electron chi connectivity index (χ3n) is 2.29. The van der Waals surface area contributed by atoms with Crippen molar-refractivity contribution in [3.05, 3.63) is 11.6 Å². The number of ether oxygens (including phenoxy) is 2. The van der Waals surface area contributed by atoms with Crippen LogP contribution in [0.15, 0.2) is 11.0 Å². The van der Waals surface area contributed by atoms with Crippen molar-refractivity contribution in [3.63, 3.8) is 0 Å². The number of anilines is 1. The Labute approximate surface area is 104 Å². The maximum absolute atomic E-state index is 11.6. The number of methoxy groups -OCH3 is 2. The molecule has 0 spiro atoms. The summed E-state index contributed by atoms with van der Waals surface area (Å²) in [5.41, 5.74) is 4.98. The highest BCUT2D eigenvalue weighted by molar-refractivity contribution is 7.90. The van der Waals surface area contributed by atoms with E-state index in [2.05, 4.69) is 0 Å². The average molecular weight is 275 g/mol. The van der Waals surface area contributed by atoms with Gasteiger partial charge >= 0.3 is 5.97 Å². The largest absolute Gasteiger partial charge is 0.495 e. The minimum atomic E-state index is -3.67. The first-order valence-corrected chi connectivity index (χ1v) is 6.61. The molecule has 0 amide bonds. The first-order valence-electron chi connectivity index (χ1n) is 4.71. The average Bonchev–Trinajstić information content (AvgIpc) is 2.25. The molecule has 0 heterocycles. The van der Waals surface area contributed by atoms with E-state index in [9.17, 15) is 13.2 Å². The second kappa shape index (κ2) is 4.73. The van der Waals surface area contributed by atoms with Gasteiger partial charge in [0.15, 0.2) is 15.6 Å². The normalized spacial score (nSPS) is 11.1. The molecule has 3 N–H and O–H groups in total. The lowest BCUT2D eigenvalue weighted by molar-refractivity contribution is 0.0693. The van der Waals surface area contributed by atoms with Crippen molar-refractivity contribution in [2.45, 2.75) is 4.90 Å². The van der Waals surface area contributed by atoms with E-state index in [0.29, 0.717) is 0 Å². The van der Waals surface area contributed by atoms with Crippen molar-refractivity contribution in [3.8, 4) is 11.5 Å². The van der Waals surface area contributed by atoms with Crippen LogP contribution in [0.1, 0.15) is 10.4 Å². The summed E-state index contributed by atoms with van der Waals surface area (Å²) in [6, 6.07) is 1.13. The van der Waals surface area contributed by atoms with Gasteiger partial charge in [0.2, 0.25) is 0 Å². The van der Waals surface area contributed by atoms with Gasteiger partial charge in [0, 0.05) is 12.3 Å². The molecule has 0 saturated heterocycles. The number of hydrogen-bond acceptors (Lipinski definition) is 6. The molecule has 100 valence electrons. The van der Waals surface area contributed by atoms with Crippen LogP contribution in [0, 0.1) is 0 Å². The predicted molar refractivity (Wildman–Crippen MR) is 64.0 cm³/mol. The van der Waals surface area contributed by atoms with E-state index in [1.807, 2.05) is 0 Å². The Kier molecular flexibility index (Phi) is 3.70. The Hall–Kier alpha value is -1.96. The highest BCUT2D eigenvalue weighted by Crippen LogP contribution is 2.38. The van der Waals surface area contributed by atoms with Gasteiger partial charge in [-0.25, -0.2) is 13.2 Å². The Morgan fingerprint density at radius 1 is 1.33 bits per heavy atom. The topological polar surface area (TPSA) is 116 Å². The number of hydrogen-bond donors (Lipinski definition) is 2. The third kappa shape index (κ3) is 2.33. The quantitative estimate of drug-likeness (QED) is 0.763. The summed E-state index contributed by atoms with van der Waals surface area (Å²) in [6.07, 6.45) is 0.937. The lowest BCUT2D eigenvalue weighted by Crippen LogP contribution is -2.11. The zero-order chi connectivity index (χ0) is 14.1. The van der Waals surface area contributed by atoms with Crippen molar-refractivity contribution < 1.29 is 27.8 Å². The first kappa shape index (κ1) is 14.1. The van der Waals surface area contributed by atoms with E-state index in [1.54, 1.807) is 0 Å². The highest BCUT2D eigenvalue weighted by atomic mass is 32.2. The van der Waals surface area contributed by atoms with Crippen LogP contribution in [0.3, 0.4) is 0 Å². The lowest BCUT2D eigenvalue weighted by atomic mass is 10.1. The van der Waals surface area contributed by atoms with Crippen molar-refractivity contribution in [1.29, 1.82) is 0 Å². The van der Waals surface area contributed by atoms with Crippen LogP contribution in [-0.2, 0) is 9.84 Å². The first-order chi connectivity index (χ1) is 8.23. The molecular weight excluding hydrogens is 262 g/mol. The molecule has 0 bridgehead atoms. The molecular formula is C10H13NO6S. The summed E-state index contributed by atoms with van der Waals surface area (Å²) in [6.45, 7) is 0. The smallest absolute Gasteiger partial charge is 0.341 e. The number of nitrogen functional groups attached to an aromatic ring is 1. The second-order valence-corrected chi connectivity index (χ2v) is 5.46. The van der Waals surface area contributed by atoms with Crippen molar-refractivity contribution >= 4 is 21.5 Å². The molecule has 0 atom stereocenters. The molecule has 7 nitrogen and oxygen atoms in total. The van der Waals surface area contributed by atoms with Gasteiger partial charge in [0.1, 0.15) is 16.2 Å². The number of rotatable bonds is 4. The van der Waals surface area contributed by atoms with Crippen molar-refractivity contribution in [1.82, 2.24) is 0 Å². The molecule has 8 heteroatoms. The Morgan fingerprint density at radius 3 is 2.22 bits per heavy atom. The van der Waals surface area contributed by atoms with Crippen LogP contribution in [-0.4, -0.2) is 40.0 Å². The van der Waals surface area contributed by atoms with Crippen LogP contribution in [0.2, 0.25) is 0 Å². The Balaban J connectivity index is 3.85.